The fourth-order valence-electron chi connectivity index (χ4n) is 1.13. The fourth-order valence-corrected chi connectivity index (χ4v) is 1.13. The van der Waals surface area contributed by atoms with Crippen LogP contribution in [-0.2, 0) is 0 Å². The van der Waals surface area contributed by atoms with E-state index in [1.165, 1.54) is 12.4 Å². The fraction of sp³-hybridized carbons (Fsp3) is 0. The number of nitrogens with zero attached hydrogens (tertiary/aromatic N) is 1. The molecule has 0 saturated heterocycles. The minimum Gasteiger partial charge on any atom is -0.618 e. The highest BCUT2D eigenvalue weighted by molar-refractivity contribution is 5.73. The Labute approximate surface area is 67.7 Å². The Morgan fingerprint density at radius 3 is 3.00 bits per heavy atom. The summed E-state index contributed by atoms with van der Waals surface area (Å²) in [6.07, 6.45) is 2.82. The molecule has 0 fully saturated rings. The monoisotopic (exact) mass is 162 g/mol. The molecule has 0 aromatic carbocycles. The molecule has 0 spiro atoms. The average molecular weight is 162 g/mol. The van der Waals surface area contributed by atoms with Crippen molar-refractivity contribution in [2.24, 2.45) is 0 Å². The molecule has 0 bridgehead atoms. The highest BCUT2D eigenvalue weighted by Gasteiger charge is 2.03. The van der Waals surface area contributed by atoms with Crippen LogP contribution >= 0.6 is 0 Å². The van der Waals surface area contributed by atoms with Crippen LogP contribution in [0.25, 0.3) is 10.9 Å². The minimum absolute atomic E-state index is 0.238. The first-order valence-electron chi connectivity index (χ1n) is 3.48. The number of fused-ring (bicyclic) bond motifs is 1. The zero-order valence-electron chi connectivity index (χ0n) is 6.15. The van der Waals surface area contributed by atoms with Crippen molar-refractivity contribution in [2.75, 3.05) is 0 Å². The SMILES string of the molecule is O=c1[nH]ccc2c1ccc[n+]2[O-]. The predicted molar refractivity (Wildman–Crippen MR) is 43.5 cm³/mol. The molecule has 0 unspecified atom stereocenters. The van der Waals surface area contributed by atoms with Gasteiger partial charge in [0.15, 0.2) is 6.20 Å². The van der Waals surface area contributed by atoms with Gasteiger partial charge in [-0.1, -0.05) is 0 Å². The van der Waals surface area contributed by atoms with Gasteiger partial charge in [-0.2, -0.15) is 4.73 Å². The third-order valence-electron chi connectivity index (χ3n) is 1.70. The van der Waals surface area contributed by atoms with E-state index < -0.39 is 0 Å². The van der Waals surface area contributed by atoms with Crippen LogP contribution in [0.15, 0.2) is 35.4 Å². The summed E-state index contributed by atoms with van der Waals surface area (Å²) in [5.74, 6) is 0. The maximum Gasteiger partial charge on any atom is 0.262 e. The molecular formula is C8H6N2O2. The van der Waals surface area contributed by atoms with Gasteiger partial charge in [0.25, 0.3) is 5.56 Å². The third-order valence-corrected chi connectivity index (χ3v) is 1.70. The second-order valence-corrected chi connectivity index (χ2v) is 2.44. The Morgan fingerprint density at radius 1 is 1.42 bits per heavy atom. The van der Waals surface area contributed by atoms with Gasteiger partial charge in [0.1, 0.15) is 5.39 Å². The van der Waals surface area contributed by atoms with Gasteiger partial charge in [0.05, 0.1) is 0 Å². The zero-order valence-corrected chi connectivity index (χ0v) is 6.15. The van der Waals surface area contributed by atoms with Crippen LogP contribution in [0.2, 0.25) is 0 Å². The Morgan fingerprint density at radius 2 is 2.25 bits per heavy atom. The molecule has 4 heteroatoms. The van der Waals surface area contributed by atoms with E-state index >= 15 is 0 Å². The van der Waals surface area contributed by atoms with E-state index in [1.54, 1.807) is 18.2 Å². The van der Waals surface area contributed by atoms with Crippen molar-refractivity contribution in [1.29, 1.82) is 0 Å². The molecule has 12 heavy (non-hydrogen) atoms. The van der Waals surface area contributed by atoms with Crippen LogP contribution in [0.5, 0.6) is 0 Å². The summed E-state index contributed by atoms with van der Waals surface area (Å²) in [5, 5.41) is 11.5. The summed E-state index contributed by atoms with van der Waals surface area (Å²) in [5.41, 5.74) is 0.152. The second-order valence-electron chi connectivity index (χ2n) is 2.44. The number of pyridine rings is 2. The topological polar surface area (TPSA) is 59.8 Å². The quantitative estimate of drug-likeness (QED) is 0.443. The van der Waals surface area contributed by atoms with Crippen molar-refractivity contribution in [1.82, 2.24) is 4.98 Å². The Hall–Kier alpha value is -1.84. The second kappa shape index (κ2) is 2.34. The normalized spacial score (nSPS) is 10.3. The predicted octanol–water partition coefficient (Wildman–Crippen LogP) is 0.161. The van der Waals surface area contributed by atoms with Gasteiger partial charge in [0, 0.05) is 18.3 Å². The molecule has 2 aromatic rings. The molecule has 0 aliphatic carbocycles. The zero-order chi connectivity index (χ0) is 8.55. The van der Waals surface area contributed by atoms with E-state index in [9.17, 15) is 10.0 Å². The van der Waals surface area contributed by atoms with Crippen LogP contribution in [-0.4, -0.2) is 4.98 Å². The molecule has 1 N–H and O–H groups in total. The number of hydrogen-bond donors (Lipinski definition) is 1. The first-order chi connectivity index (χ1) is 5.79. The molecule has 0 atom stereocenters. The van der Waals surface area contributed by atoms with Gasteiger partial charge < -0.3 is 10.2 Å². The lowest BCUT2D eigenvalue weighted by Crippen LogP contribution is -2.27. The molecule has 2 rings (SSSR count). The van der Waals surface area contributed by atoms with Crippen molar-refractivity contribution in [3.8, 4) is 0 Å². The summed E-state index contributed by atoms with van der Waals surface area (Å²) in [6, 6.07) is 4.73. The number of rotatable bonds is 0. The molecular weight excluding hydrogens is 156 g/mol. The van der Waals surface area contributed by atoms with E-state index in [2.05, 4.69) is 4.98 Å². The van der Waals surface area contributed by atoms with Crippen molar-refractivity contribution >= 4 is 10.9 Å². The highest BCUT2D eigenvalue weighted by atomic mass is 16.5. The molecule has 4 nitrogen and oxygen atoms in total. The number of hydrogen-bond acceptors (Lipinski definition) is 2. The summed E-state index contributed by atoms with van der Waals surface area (Å²) >= 11 is 0. The van der Waals surface area contributed by atoms with Crippen molar-refractivity contribution in [3.05, 3.63) is 46.2 Å². The Bertz CT molecular complexity index is 476. The molecule has 0 aliphatic heterocycles. The molecule has 0 saturated carbocycles. The number of nitrogens with one attached hydrogen (secondary N) is 1. The molecule has 60 valence electrons. The lowest BCUT2D eigenvalue weighted by atomic mass is 10.3. The van der Waals surface area contributed by atoms with E-state index in [0.29, 0.717) is 15.6 Å². The van der Waals surface area contributed by atoms with Crippen LogP contribution in [0, 0.1) is 5.21 Å². The number of aromatic amines is 1. The molecule has 0 amide bonds. The van der Waals surface area contributed by atoms with E-state index in [1.807, 2.05) is 0 Å². The van der Waals surface area contributed by atoms with Crippen molar-refractivity contribution in [3.63, 3.8) is 0 Å². The van der Waals surface area contributed by atoms with Gasteiger partial charge in [-0.25, -0.2) is 0 Å². The standard InChI is InChI=1S/C8H6N2O2/c11-8-6-2-1-5-10(12)7(6)3-4-9-8/h1-5H,(H,9,11). The largest absolute Gasteiger partial charge is 0.618 e. The maximum atomic E-state index is 11.1. The lowest BCUT2D eigenvalue weighted by Gasteiger charge is -1.98. The van der Waals surface area contributed by atoms with Crippen molar-refractivity contribution in [2.45, 2.75) is 0 Å². The molecule has 2 aromatic heterocycles. The van der Waals surface area contributed by atoms with E-state index in [4.69, 9.17) is 0 Å². The molecule has 0 aliphatic rings. The Balaban J connectivity index is 3.05. The number of aromatic nitrogens is 2. The minimum atomic E-state index is -0.238. The van der Waals surface area contributed by atoms with Crippen molar-refractivity contribution < 1.29 is 4.73 Å². The summed E-state index contributed by atoms with van der Waals surface area (Å²) in [4.78, 5) is 13.6. The van der Waals surface area contributed by atoms with Gasteiger partial charge >= 0.3 is 0 Å². The van der Waals surface area contributed by atoms with Crippen LogP contribution in [0.3, 0.4) is 0 Å². The van der Waals surface area contributed by atoms with Crippen LogP contribution < -0.4 is 10.3 Å². The molecule has 0 radical (unpaired) electrons. The smallest absolute Gasteiger partial charge is 0.262 e. The third kappa shape index (κ3) is 0.852. The Kier molecular flexibility index (Phi) is 1.33. The summed E-state index contributed by atoms with van der Waals surface area (Å²) in [7, 11) is 0. The van der Waals surface area contributed by atoms with Crippen LogP contribution in [0.4, 0.5) is 0 Å². The lowest BCUT2D eigenvalue weighted by molar-refractivity contribution is -0.577. The average Bonchev–Trinajstić information content (AvgIpc) is 2.07. The van der Waals surface area contributed by atoms with Gasteiger partial charge in [-0.05, 0) is 6.07 Å². The first kappa shape index (κ1) is 6.84. The van der Waals surface area contributed by atoms with Gasteiger partial charge in [-0.15, -0.1) is 0 Å². The molecule has 2 heterocycles. The summed E-state index contributed by atoms with van der Waals surface area (Å²) < 4.78 is 0.671. The highest BCUT2D eigenvalue weighted by Crippen LogP contribution is 2.00. The van der Waals surface area contributed by atoms with Gasteiger partial charge in [-0.3, -0.25) is 4.79 Å². The summed E-state index contributed by atoms with van der Waals surface area (Å²) in [6.45, 7) is 0. The van der Waals surface area contributed by atoms with Gasteiger partial charge in [0.2, 0.25) is 5.52 Å². The maximum absolute atomic E-state index is 11.1. The van der Waals surface area contributed by atoms with E-state index in [0.717, 1.165) is 0 Å². The number of H-pyrrole nitrogens is 1. The van der Waals surface area contributed by atoms with E-state index in [-0.39, 0.29) is 5.56 Å². The first-order valence-corrected chi connectivity index (χ1v) is 3.48. The van der Waals surface area contributed by atoms with Crippen LogP contribution in [0.1, 0.15) is 0 Å².